The van der Waals surface area contributed by atoms with Crippen LogP contribution in [0.4, 0.5) is 0 Å². The molecule has 2 saturated heterocycles. The summed E-state index contributed by atoms with van der Waals surface area (Å²) >= 11 is 0. The second kappa shape index (κ2) is 5.04. The van der Waals surface area contributed by atoms with Crippen LogP contribution < -0.4 is 0 Å². The van der Waals surface area contributed by atoms with Gasteiger partial charge in [0.1, 0.15) is 0 Å². The van der Waals surface area contributed by atoms with Crippen LogP contribution in [0.15, 0.2) is 12.7 Å². The van der Waals surface area contributed by atoms with Crippen LogP contribution in [-0.4, -0.2) is 69.4 Å². The summed E-state index contributed by atoms with van der Waals surface area (Å²) in [7, 11) is 0. The average molecular weight is 335 g/mol. The van der Waals surface area contributed by atoms with Gasteiger partial charge in [0.15, 0.2) is 0 Å². The van der Waals surface area contributed by atoms with E-state index in [-0.39, 0.29) is 29.6 Å². The molecule has 0 aromatic rings. The van der Waals surface area contributed by atoms with Gasteiger partial charge in [0.05, 0.1) is 30.0 Å². The molecule has 3 N–H and O–H groups in total. The lowest BCUT2D eigenvalue weighted by Gasteiger charge is -2.68. The Hall–Kier alpha value is -0.460. The molecule has 2 aliphatic heterocycles. The van der Waals surface area contributed by atoms with Crippen LogP contribution >= 0.6 is 0 Å². The molecule has 9 atom stereocenters. The van der Waals surface area contributed by atoms with Crippen LogP contribution in [0.2, 0.25) is 0 Å². The lowest BCUT2D eigenvalue weighted by atomic mass is 9.42. The molecule has 5 fully saturated rings. The number of hydrogen-bond acceptors (Lipinski definition) is 5. The van der Waals surface area contributed by atoms with E-state index in [1.54, 1.807) is 0 Å². The molecule has 2 heterocycles. The molecule has 4 unspecified atom stereocenters. The van der Waals surface area contributed by atoms with Gasteiger partial charge in [-0.2, -0.15) is 0 Å². The van der Waals surface area contributed by atoms with Gasteiger partial charge in [-0.25, -0.2) is 0 Å². The van der Waals surface area contributed by atoms with E-state index in [1.807, 2.05) is 6.08 Å². The third-order valence-corrected chi connectivity index (χ3v) is 8.15. The molecule has 2 bridgehead atoms. The van der Waals surface area contributed by atoms with Crippen molar-refractivity contribution in [1.82, 2.24) is 4.90 Å². The molecule has 5 heteroatoms. The number of hydrogen-bond donors (Lipinski definition) is 3. The topological polar surface area (TPSA) is 73.2 Å². The summed E-state index contributed by atoms with van der Waals surface area (Å²) in [5, 5.41) is 33.2. The second-order valence-electron chi connectivity index (χ2n) is 8.81. The lowest BCUT2D eigenvalue weighted by molar-refractivity contribution is -0.270. The van der Waals surface area contributed by atoms with Gasteiger partial charge in [0.2, 0.25) is 0 Å². The zero-order valence-corrected chi connectivity index (χ0v) is 14.2. The van der Waals surface area contributed by atoms with Crippen LogP contribution in [0.3, 0.4) is 0 Å². The Morgan fingerprint density at radius 1 is 1.17 bits per heavy atom. The molecule has 0 radical (unpaired) electrons. The smallest absolute Gasteiger partial charge is 0.0927 e. The number of ether oxygens (including phenoxy) is 1. The van der Waals surface area contributed by atoms with Crippen LogP contribution in [0, 0.1) is 17.3 Å². The first-order valence-corrected chi connectivity index (χ1v) is 9.62. The molecular weight excluding hydrogens is 306 g/mol. The van der Waals surface area contributed by atoms with Crippen molar-refractivity contribution in [3.8, 4) is 0 Å². The van der Waals surface area contributed by atoms with E-state index in [0.29, 0.717) is 18.8 Å². The fraction of sp³-hybridized carbons (Fsp3) is 0.895. The molecule has 5 rings (SSSR count). The number of aliphatic hydroxyl groups is 3. The molecule has 3 aliphatic carbocycles. The lowest BCUT2D eigenvalue weighted by Crippen LogP contribution is -2.77. The van der Waals surface area contributed by atoms with Gasteiger partial charge in [-0.05, 0) is 51.0 Å². The number of piperidine rings is 1. The van der Waals surface area contributed by atoms with Gasteiger partial charge in [-0.3, -0.25) is 4.90 Å². The first kappa shape index (κ1) is 15.8. The highest BCUT2D eigenvalue weighted by Crippen LogP contribution is 2.69. The second-order valence-corrected chi connectivity index (χ2v) is 8.81. The standard InChI is InChI=1S/C19H29NO4/c1-2-8-20-9-7-18-15-11-3-4-12(21)16(15)24-17(18)13(22)5-6-19(18,23)14(20)10-11/h2,11-17,21-23H,1,3-10H2/t11?,12?,13-,14+,15?,16?,17-,18-,19+/m0/s1. The fourth-order valence-electron chi connectivity index (χ4n) is 7.39. The number of likely N-dealkylation sites (tertiary alicyclic amines) is 1. The van der Waals surface area contributed by atoms with Gasteiger partial charge in [-0.1, -0.05) is 6.08 Å². The van der Waals surface area contributed by atoms with Gasteiger partial charge < -0.3 is 20.1 Å². The highest BCUT2D eigenvalue weighted by atomic mass is 16.5. The van der Waals surface area contributed by atoms with E-state index >= 15 is 0 Å². The van der Waals surface area contributed by atoms with Crippen molar-refractivity contribution < 1.29 is 20.1 Å². The first-order chi connectivity index (χ1) is 11.5. The highest BCUT2D eigenvalue weighted by Gasteiger charge is 2.77. The fourth-order valence-corrected chi connectivity index (χ4v) is 7.39. The van der Waals surface area contributed by atoms with Crippen molar-refractivity contribution in [2.45, 2.75) is 74.6 Å². The van der Waals surface area contributed by atoms with Crippen LogP contribution in [0.25, 0.3) is 0 Å². The maximum atomic E-state index is 11.9. The predicted octanol–water partition coefficient (Wildman–Crippen LogP) is 0.677. The monoisotopic (exact) mass is 335 g/mol. The zero-order chi connectivity index (χ0) is 16.7. The van der Waals surface area contributed by atoms with Crippen molar-refractivity contribution in [2.24, 2.45) is 17.3 Å². The summed E-state index contributed by atoms with van der Waals surface area (Å²) in [5.41, 5.74) is -1.20. The van der Waals surface area contributed by atoms with Crippen molar-refractivity contribution in [3.05, 3.63) is 12.7 Å². The van der Waals surface area contributed by atoms with Crippen molar-refractivity contribution >= 4 is 0 Å². The van der Waals surface area contributed by atoms with E-state index in [9.17, 15) is 15.3 Å². The van der Waals surface area contributed by atoms with Crippen LogP contribution in [0.1, 0.15) is 38.5 Å². The number of aliphatic hydroxyl groups excluding tert-OH is 2. The Balaban J connectivity index is 1.65. The Labute approximate surface area is 143 Å². The maximum Gasteiger partial charge on any atom is 0.0927 e. The third-order valence-electron chi connectivity index (χ3n) is 8.15. The van der Waals surface area contributed by atoms with E-state index in [2.05, 4.69) is 11.5 Å². The van der Waals surface area contributed by atoms with Gasteiger partial charge in [-0.15, -0.1) is 6.58 Å². The summed E-state index contributed by atoms with van der Waals surface area (Å²) < 4.78 is 6.31. The Bertz CT molecular complexity index is 555. The normalized spacial score (nSPS) is 59.0. The van der Waals surface area contributed by atoms with E-state index < -0.39 is 17.8 Å². The summed E-state index contributed by atoms with van der Waals surface area (Å²) in [6, 6.07) is 0.123. The van der Waals surface area contributed by atoms with Crippen molar-refractivity contribution in [2.75, 3.05) is 13.1 Å². The zero-order valence-electron chi connectivity index (χ0n) is 14.2. The Morgan fingerprint density at radius 2 is 2.00 bits per heavy atom. The molecule has 0 aromatic heterocycles. The molecular formula is C19H29NO4. The quantitative estimate of drug-likeness (QED) is 0.647. The molecule has 5 aliphatic rings. The summed E-state index contributed by atoms with van der Waals surface area (Å²) in [4.78, 5) is 2.39. The molecule has 134 valence electrons. The van der Waals surface area contributed by atoms with Gasteiger partial charge in [0, 0.05) is 23.9 Å². The maximum absolute atomic E-state index is 11.9. The van der Waals surface area contributed by atoms with Gasteiger partial charge >= 0.3 is 0 Å². The summed E-state index contributed by atoms with van der Waals surface area (Å²) in [5.74, 6) is 0.667. The predicted molar refractivity (Wildman–Crippen MR) is 88.3 cm³/mol. The van der Waals surface area contributed by atoms with Gasteiger partial charge in [0.25, 0.3) is 0 Å². The van der Waals surface area contributed by atoms with Crippen LogP contribution in [-0.2, 0) is 4.74 Å². The highest BCUT2D eigenvalue weighted by molar-refractivity contribution is 5.27. The minimum atomic E-state index is -0.814. The minimum Gasteiger partial charge on any atom is -0.390 e. The third kappa shape index (κ3) is 1.64. The molecule has 1 spiro atoms. The average Bonchev–Trinajstić information content (AvgIpc) is 2.91. The Morgan fingerprint density at radius 3 is 2.79 bits per heavy atom. The van der Waals surface area contributed by atoms with E-state index in [0.717, 1.165) is 38.8 Å². The largest absolute Gasteiger partial charge is 0.390 e. The SMILES string of the molecule is C=CCN1CC[C@]23C4C5CCC(O)C4O[C@H]2[C@@H](O)CC[C@@]3(O)[C@H]1C5. The summed E-state index contributed by atoms with van der Waals surface area (Å²) in [6.07, 6.45) is 5.25. The van der Waals surface area contributed by atoms with E-state index in [1.165, 1.54) is 0 Å². The number of nitrogens with zero attached hydrogens (tertiary/aromatic N) is 1. The van der Waals surface area contributed by atoms with Crippen molar-refractivity contribution in [3.63, 3.8) is 0 Å². The van der Waals surface area contributed by atoms with Crippen LogP contribution in [0.5, 0.6) is 0 Å². The molecule has 24 heavy (non-hydrogen) atoms. The minimum absolute atomic E-state index is 0.123. The molecule has 0 aromatic carbocycles. The molecule has 5 nitrogen and oxygen atoms in total. The Kier molecular flexibility index (Phi) is 3.31. The van der Waals surface area contributed by atoms with E-state index in [4.69, 9.17) is 4.74 Å². The molecule has 0 amide bonds. The van der Waals surface area contributed by atoms with Crippen molar-refractivity contribution in [1.29, 1.82) is 0 Å². The summed E-state index contributed by atoms with van der Waals surface area (Å²) in [6.45, 7) is 5.61. The number of rotatable bonds is 2. The first-order valence-electron chi connectivity index (χ1n) is 9.62. The molecule has 3 saturated carbocycles.